The molecule has 1 amide bonds. The Balaban J connectivity index is 1.58. The lowest BCUT2D eigenvalue weighted by atomic mass is 10.0. The summed E-state index contributed by atoms with van der Waals surface area (Å²) < 4.78 is 16.8. The minimum absolute atomic E-state index is 0.0473. The van der Waals surface area contributed by atoms with Crippen LogP contribution in [0.1, 0.15) is 33.1 Å². The van der Waals surface area contributed by atoms with Crippen LogP contribution in [0.4, 0.5) is 0 Å². The molecule has 2 aromatic rings. The van der Waals surface area contributed by atoms with Crippen LogP contribution in [0.5, 0.6) is 5.75 Å². The predicted octanol–water partition coefficient (Wildman–Crippen LogP) is 3.31. The molecule has 1 saturated heterocycles. The Morgan fingerprint density at radius 2 is 2.08 bits per heavy atom. The molecule has 3 rings (SSSR count). The van der Waals surface area contributed by atoms with Crippen molar-refractivity contribution in [3.05, 3.63) is 36.4 Å². The highest BCUT2D eigenvalue weighted by Crippen LogP contribution is 2.24. The summed E-state index contributed by atoms with van der Waals surface area (Å²) in [5.41, 5.74) is 0.622. The van der Waals surface area contributed by atoms with Gasteiger partial charge in [-0.05, 0) is 45.0 Å². The molecule has 1 aliphatic heterocycles. The van der Waals surface area contributed by atoms with E-state index in [-0.39, 0.29) is 17.6 Å². The molecule has 6 heteroatoms. The lowest BCUT2D eigenvalue weighted by molar-refractivity contribution is -0.158. The van der Waals surface area contributed by atoms with Crippen molar-refractivity contribution in [3.63, 3.8) is 0 Å². The second-order valence-electron chi connectivity index (χ2n) is 7.31. The molecule has 6 nitrogen and oxygen atoms in total. The molecule has 0 bridgehead atoms. The predicted molar refractivity (Wildman–Crippen MR) is 98.0 cm³/mol. The molecule has 0 N–H and O–H groups in total. The number of methoxy groups -OCH3 is 1. The Morgan fingerprint density at radius 1 is 1.35 bits per heavy atom. The standard InChI is InChI=1S/C20H26N2O4/c1-14-12-22(13-20(2,3)26-14)19(23)10-9-18-21-11-17(25-18)15-5-7-16(24-4)8-6-15/h5-8,11,14H,9-10,12-13H2,1-4H3/t14-/m0/s1. The number of morpholine rings is 1. The van der Waals surface area contributed by atoms with Crippen LogP contribution in [0.15, 0.2) is 34.9 Å². The zero-order valence-corrected chi connectivity index (χ0v) is 15.8. The van der Waals surface area contributed by atoms with Crippen molar-refractivity contribution in [2.75, 3.05) is 20.2 Å². The van der Waals surface area contributed by atoms with Crippen LogP contribution < -0.4 is 4.74 Å². The summed E-state index contributed by atoms with van der Waals surface area (Å²) in [6.07, 6.45) is 2.61. The van der Waals surface area contributed by atoms with E-state index in [0.717, 1.165) is 11.3 Å². The van der Waals surface area contributed by atoms with Crippen LogP contribution in [0, 0.1) is 0 Å². The van der Waals surface area contributed by atoms with Gasteiger partial charge < -0.3 is 18.8 Å². The molecule has 1 aromatic carbocycles. The van der Waals surface area contributed by atoms with E-state index >= 15 is 0 Å². The second kappa shape index (κ2) is 7.50. The first-order valence-corrected chi connectivity index (χ1v) is 8.91. The number of carbonyl (C=O) groups is 1. The quantitative estimate of drug-likeness (QED) is 0.820. The van der Waals surface area contributed by atoms with Gasteiger partial charge in [0.15, 0.2) is 11.7 Å². The first-order valence-electron chi connectivity index (χ1n) is 8.91. The number of aryl methyl sites for hydroxylation is 1. The molecular weight excluding hydrogens is 332 g/mol. The van der Waals surface area contributed by atoms with Crippen LogP contribution in [0.25, 0.3) is 11.3 Å². The number of aromatic nitrogens is 1. The van der Waals surface area contributed by atoms with E-state index in [9.17, 15) is 4.79 Å². The zero-order chi connectivity index (χ0) is 18.7. The minimum atomic E-state index is -0.308. The number of hydrogen-bond acceptors (Lipinski definition) is 5. The summed E-state index contributed by atoms with van der Waals surface area (Å²) in [6, 6.07) is 7.60. The summed E-state index contributed by atoms with van der Waals surface area (Å²) in [5.74, 6) is 2.17. The zero-order valence-electron chi connectivity index (χ0n) is 15.8. The molecule has 1 atom stereocenters. The van der Waals surface area contributed by atoms with Gasteiger partial charge >= 0.3 is 0 Å². The lowest BCUT2D eigenvalue weighted by Crippen LogP contribution is -2.53. The molecular formula is C20H26N2O4. The van der Waals surface area contributed by atoms with E-state index in [4.69, 9.17) is 13.9 Å². The van der Waals surface area contributed by atoms with E-state index in [1.165, 1.54) is 0 Å². The normalized spacial score (nSPS) is 19.4. The topological polar surface area (TPSA) is 64.8 Å². The van der Waals surface area contributed by atoms with Crippen LogP contribution in [0.2, 0.25) is 0 Å². The summed E-state index contributed by atoms with van der Waals surface area (Å²) in [7, 11) is 1.63. The van der Waals surface area contributed by atoms with Crippen LogP contribution in [-0.2, 0) is 16.0 Å². The third-order valence-electron chi connectivity index (χ3n) is 4.40. The van der Waals surface area contributed by atoms with E-state index < -0.39 is 0 Å². The van der Waals surface area contributed by atoms with E-state index in [1.807, 2.05) is 49.9 Å². The molecule has 2 heterocycles. The number of oxazole rings is 1. The number of benzene rings is 1. The summed E-state index contributed by atoms with van der Waals surface area (Å²) in [4.78, 5) is 18.7. The lowest BCUT2D eigenvalue weighted by Gasteiger charge is -2.41. The van der Waals surface area contributed by atoms with Crippen molar-refractivity contribution in [1.29, 1.82) is 0 Å². The first kappa shape index (κ1) is 18.5. The highest BCUT2D eigenvalue weighted by molar-refractivity contribution is 5.76. The van der Waals surface area contributed by atoms with Gasteiger partial charge in [-0.2, -0.15) is 0 Å². The highest BCUT2D eigenvalue weighted by atomic mass is 16.5. The first-order chi connectivity index (χ1) is 12.4. The van der Waals surface area contributed by atoms with E-state index in [2.05, 4.69) is 4.98 Å². The highest BCUT2D eigenvalue weighted by Gasteiger charge is 2.33. The van der Waals surface area contributed by atoms with Gasteiger partial charge in [0.1, 0.15) is 5.75 Å². The van der Waals surface area contributed by atoms with Gasteiger partial charge in [0.05, 0.1) is 25.0 Å². The maximum atomic E-state index is 12.5. The van der Waals surface area contributed by atoms with Crippen LogP contribution in [0.3, 0.4) is 0 Å². The van der Waals surface area contributed by atoms with E-state index in [1.54, 1.807) is 13.3 Å². The number of nitrogens with zero attached hydrogens (tertiary/aromatic N) is 2. The Labute approximate surface area is 154 Å². The molecule has 0 spiro atoms. The third kappa shape index (κ3) is 4.43. The summed E-state index contributed by atoms with van der Waals surface area (Å²) in [5, 5.41) is 0. The maximum absolute atomic E-state index is 12.5. The number of carbonyl (C=O) groups excluding carboxylic acids is 1. The molecule has 1 aromatic heterocycles. The Hall–Kier alpha value is -2.34. The van der Waals surface area contributed by atoms with Gasteiger partial charge in [0, 0.05) is 31.5 Å². The SMILES string of the molecule is COc1ccc(-c2cnc(CCC(=O)N3C[C@H](C)OC(C)(C)C3)o2)cc1. The summed E-state index contributed by atoms with van der Waals surface area (Å²) in [6.45, 7) is 7.26. The molecule has 26 heavy (non-hydrogen) atoms. The van der Waals surface area contributed by atoms with Gasteiger partial charge in [-0.3, -0.25) is 4.79 Å². The molecule has 0 radical (unpaired) electrons. The number of hydrogen-bond donors (Lipinski definition) is 0. The van der Waals surface area contributed by atoms with Gasteiger partial charge in [-0.25, -0.2) is 4.98 Å². The van der Waals surface area contributed by atoms with Crippen molar-refractivity contribution < 1.29 is 18.7 Å². The number of rotatable bonds is 5. The van der Waals surface area contributed by atoms with Gasteiger partial charge in [0.2, 0.25) is 5.91 Å². The Bertz CT molecular complexity index is 751. The van der Waals surface area contributed by atoms with Crippen molar-refractivity contribution in [2.45, 2.75) is 45.3 Å². The Kier molecular flexibility index (Phi) is 5.32. The van der Waals surface area contributed by atoms with Crippen molar-refractivity contribution in [3.8, 4) is 17.1 Å². The van der Waals surface area contributed by atoms with Crippen molar-refractivity contribution in [1.82, 2.24) is 9.88 Å². The second-order valence-corrected chi connectivity index (χ2v) is 7.31. The monoisotopic (exact) mass is 358 g/mol. The number of ether oxygens (including phenoxy) is 2. The molecule has 1 fully saturated rings. The van der Waals surface area contributed by atoms with Crippen molar-refractivity contribution >= 4 is 5.91 Å². The van der Waals surface area contributed by atoms with E-state index in [0.29, 0.717) is 37.6 Å². The largest absolute Gasteiger partial charge is 0.497 e. The third-order valence-corrected chi connectivity index (χ3v) is 4.40. The van der Waals surface area contributed by atoms with Gasteiger partial charge in [0.25, 0.3) is 0 Å². The minimum Gasteiger partial charge on any atom is -0.497 e. The number of amides is 1. The fourth-order valence-electron chi connectivity index (χ4n) is 3.33. The Morgan fingerprint density at radius 3 is 2.73 bits per heavy atom. The van der Waals surface area contributed by atoms with Crippen LogP contribution >= 0.6 is 0 Å². The smallest absolute Gasteiger partial charge is 0.223 e. The average molecular weight is 358 g/mol. The maximum Gasteiger partial charge on any atom is 0.223 e. The van der Waals surface area contributed by atoms with Crippen molar-refractivity contribution in [2.24, 2.45) is 0 Å². The molecule has 0 aliphatic carbocycles. The molecule has 140 valence electrons. The molecule has 0 unspecified atom stereocenters. The average Bonchev–Trinajstić information content (AvgIpc) is 3.07. The van der Waals surface area contributed by atoms with Gasteiger partial charge in [-0.15, -0.1) is 0 Å². The van der Waals surface area contributed by atoms with Gasteiger partial charge in [-0.1, -0.05) is 0 Å². The molecule has 0 saturated carbocycles. The van der Waals surface area contributed by atoms with Crippen LogP contribution in [-0.4, -0.2) is 47.7 Å². The molecule has 1 aliphatic rings. The summed E-state index contributed by atoms with van der Waals surface area (Å²) >= 11 is 0. The fraction of sp³-hybridized carbons (Fsp3) is 0.500. The fourth-order valence-corrected chi connectivity index (χ4v) is 3.33.